The average Bonchev–Trinajstić information content (AvgIpc) is 3.44. The van der Waals surface area contributed by atoms with Crippen LogP contribution in [0.3, 0.4) is 0 Å². The van der Waals surface area contributed by atoms with Gasteiger partial charge in [0.2, 0.25) is 5.91 Å². The number of carbonyl (C=O) groups excluding carboxylic acids is 1. The molecule has 0 saturated carbocycles. The summed E-state index contributed by atoms with van der Waals surface area (Å²) in [5.74, 6) is 0.470. The molecular weight excluding hydrogens is 460 g/mol. The van der Waals surface area contributed by atoms with Crippen molar-refractivity contribution < 1.29 is 9.90 Å². The molecular formula is C23H29ClN6O2S. The van der Waals surface area contributed by atoms with Gasteiger partial charge in [-0.1, -0.05) is 30.2 Å². The van der Waals surface area contributed by atoms with Crippen molar-refractivity contribution in [1.29, 1.82) is 0 Å². The van der Waals surface area contributed by atoms with Crippen LogP contribution in [0.2, 0.25) is 5.02 Å². The summed E-state index contributed by atoms with van der Waals surface area (Å²) >= 11 is 7.53. The van der Waals surface area contributed by atoms with Gasteiger partial charge in [-0.2, -0.15) is 5.10 Å². The topological polar surface area (TPSA) is 115 Å². The van der Waals surface area contributed by atoms with Crippen LogP contribution in [-0.2, 0) is 11.2 Å². The number of aliphatic hydroxyl groups excluding tert-OH is 1. The number of aromatic nitrogens is 3. The Morgan fingerprint density at radius 2 is 2.15 bits per heavy atom. The number of nitrogens with one attached hydrogen (secondary N) is 4. The van der Waals surface area contributed by atoms with E-state index in [0.717, 1.165) is 52.6 Å². The number of H-pyrrole nitrogens is 1. The molecule has 3 heterocycles. The minimum atomic E-state index is -0.209. The third-order valence-corrected chi connectivity index (χ3v) is 7.30. The number of benzene rings is 1. The second-order valence-electron chi connectivity index (χ2n) is 8.16. The molecule has 1 saturated heterocycles. The van der Waals surface area contributed by atoms with Crippen LogP contribution in [0, 0.1) is 6.92 Å². The minimum Gasteiger partial charge on any atom is -0.396 e. The highest BCUT2D eigenvalue weighted by Crippen LogP contribution is 2.29. The first kappa shape index (κ1) is 23.7. The number of hydrogen-bond acceptors (Lipinski definition) is 7. The van der Waals surface area contributed by atoms with E-state index in [0.29, 0.717) is 17.3 Å². The van der Waals surface area contributed by atoms with Crippen LogP contribution in [0.5, 0.6) is 0 Å². The fourth-order valence-electron chi connectivity index (χ4n) is 4.00. The Kier molecular flexibility index (Phi) is 7.97. The number of piperidine rings is 1. The molecule has 4 rings (SSSR count). The number of carbonyl (C=O) groups is 1. The number of nitrogens with zero attached hydrogens (tertiary/aromatic N) is 2. The van der Waals surface area contributed by atoms with Crippen LogP contribution in [-0.4, -0.2) is 51.9 Å². The predicted octanol–water partition coefficient (Wildman–Crippen LogP) is 3.44. The normalized spacial score (nSPS) is 17.0. The van der Waals surface area contributed by atoms with E-state index in [2.05, 4.69) is 26.1 Å². The quantitative estimate of drug-likeness (QED) is 0.315. The van der Waals surface area contributed by atoms with Crippen LogP contribution >= 0.6 is 22.9 Å². The van der Waals surface area contributed by atoms with Gasteiger partial charge in [0.15, 0.2) is 0 Å². The largest absolute Gasteiger partial charge is 0.396 e. The lowest BCUT2D eigenvalue weighted by atomic mass is 9.98. The van der Waals surface area contributed by atoms with Crippen molar-refractivity contribution in [3.8, 4) is 11.3 Å². The number of aromatic amines is 1. The smallest absolute Gasteiger partial charge is 0.239 e. The predicted molar refractivity (Wildman–Crippen MR) is 132 cm³/mol. The molecule has 176 valence electrons. The lowest BCUT2D eigenvalue weighted by Crippen LogP contribution is -2.47. The monoisotopic (exact) mass is 488 g/mol. The molecule has 10 heteroatoms. The lowest BCUT2D eigenvalue weighted by molar-refractivity contribution is -0.120. The van der Waals surface area contributed by atoms with Crippen molar-refractivity contribution in [1.82, 2.24) is 25.8 Å². The number of rotatable bonds is 9. The SMILES string of the molecule is Cc1nc(C(NC(=O)CNc2cc(-c3ccc(Cl)cc3)[nH]n2)C2CCCCN2)sc1CCO. The molecule has 8 nitrogen and oxygen atoms in total. The van der Waals surface area contributed by atoms with Crippen LogP contribution in [0.15, 0.2) is 30.3 Å². The zero-order chi connectivity index (χ0) is 23.2. The van der Waals surface area contributed by atoms with Gasteiger partial charge in [-0.3, -0.25) is 9.89 Å². The molecule has 1 amide bonds. The van der Waals surface area contributed by atoms with Gasteiger partial charge in [0, 0.05) is 35.0 Å². The number of aryl methyl sites for hydroxylation is 1. The molecule has 2 aromatic heterocycles. The van der Waals surface area contributed by atoms with E-state index in [1.54, 1.807) is 11.3 Å². The van der Waals surface area contributed by atoms with Gasteiger partial charge < -0.3 is 21.1 Å². The molecule has 0 spiro atoms. The van der Waals surface area contributed by atoms with Crippen molar-refractivity contribution in [2.45, 2.75) is 44.7 Å². The molecule has 33 heavy (non-hydrogen) atoms. The van der Waals surface area contributed by atoms with E-state index in [9.17, 15) is 9.90 Å². The van der Waals surface area contributed by atoms with Crippen LogP contribution < -0.4 is 16.0 Å². The van der Waals surface area contributed by atoms with Crippen molar-refractivity contribution in [2.24, 2.45) is 0 Å². The Balaban J connectivity index is 1.40. The highest BCUT2D eigenvalue weighted by atomic mass is 35.5. The van der Waals surface area contributed by atoms with Crippen LogP contribution in [0.4, 0.5) is 5.82 Å². The Bertz CT molecular complexity index is 1060. The molecule has 1 fully saturated rings. The van der Waals surface area contributed by atoms with Gasteiger partial charge >= 0.3 is 0 Å². The number of anilines is 1. The molecule has 0 bridgehead atoms. The summed E-state index contributed by atoms with van der Waals surface area (Å²) in [5.41, 5.74) is 2.72. The van der Waals surface area contributed by atoms with Gasteiger partial charge in [0.05, 0.1) is 24.0 Å². The molecule has 3 aromatic rings. The average molecular weight is 489 g/mol. The number of halogens is 1. The van der Waals surface area contributed by atoms with Crippen LogP contribution in [0.1, 0.15) is 40.9 Å². The third-order valence-electron chi connectivity index (χ3n) is 5.74. The highest BCUT2D eigenvalue weighted by molar-refractivity contribution is 7.11. The Morgan fingerprint density at radius 3 is 2.88 bits per heavy atom. The van der Waals surface area contributed by atoms with E-state index in [1.165, 1.54) is 0 Å². The zero-order valence-electron chi connectivity index (χ0n) is 18.5. The molecule has 2 unspecified atom stereocenters. The molecule has 0 aliphatic carbocycles. The maximum Gasteiger partial charge on any atom is 0.239 e. The van der Waals surface area contributed by atoms with Crippen LogP contribution in [0.25, 0.3) is 11.3 Å². The fraction of sp³-hybridized carbons (Fsp3) is 0.435. The third kappa shape index (κ3) is 6.11. The number of hydrogen-bond donors (Lipinski definition) is 5. The summed E-state index contributed by atoms with van der Waals surface area (Å²) in [6.45, 7) is 3.08. The van der Waals surface area contributed by atoms with Crippen molar-refractivity contribution >= 4 is 34.7 Å². The minimum absolute atomic E-state index is 0.0901. The van der Waals surface area contributed by atoms with Gasteiger partial charge in [-0.05, 0) is 44.0 Å². The zero-order valence-corrected chi connectivity index (χ0v) is 20.1. The lowest BCUT2D eigenvalue weighted by Gasteiger charge is -2.30. The molecule has 1 aliphatic heterocycles. The second-order valence-corrected chi connectivity index (χ2v) is 9.71. The molecule has 1 aliphatic rings. The van der Waals surface area contributed by atoms with Crippen molar-refractivity contribution in [2.75, 3.05) is 25.0 Å². The van der Waals surface area contributed by atoms with Gasteiger partial charge in [-0.25, -0.2) is 4.98 Å². The van der Waals surface area contributed by atoms with E-state index < -0.39 is 0 Å². The Morgan fingerprint density at radius 1 is 1.33 bits per heavy atom. The van der Waals surface area contributed by atoms with E-state index in [1.807, 2.05) is 37.3 Å². The maximum absolute atomic E-state index is 12.9. The first-order chi connectivity index (χ1) is 16.0. The van der Waals surface area contributed by atoms with Gasteiger partial charge in [-0.15, -0.1) is 11.3 Å². The van der Waals surface area contributed by atoms with Gasteiger partial charge in [0.25, 0.3) is 0 Å². The molecule has 5 N–H and O–H groups in total. The van der Waals surface area contributed by atoms with E-state index in [4.69, 9.17) is 16.6 Å². The van der Waals surface area contributed by atoms with E-state index >= 15 is 0 Å². The van der Waals surface area contributed by atoms with Crippen molar-refractivity contribution in [3.63, 3.8) is 0 Å². The van der Waals surface area contributed by atoms with Crippen molar-refractivity contribution in [3.05, 3.63) is 50.9 Å². The standard InChI is InChI=1S/C23H29ClN6O2S/c1-14-19(9-11-31)33-23(27-14)22(17-4-2-3-10-25-17)28-21(32)13-26-20-12-18(29-30-20)15-5-7-16(24)8-6-15/h5-8,12,17,22,25,31H,2-4,9-11,13H2,1H3,(H,28,32)(H2,26,29,30). The second kappa shape index (κ2) is 11.1. The summed E-state index contributed by atoms with van der Waals surface area (Å²) in [5, 5.41) is 27.9. The summed E-state index contributed by atoms with van der Waals surface area (Å²) in [6, 6.07) is 9.26. The summed E-state index contributed by atoms with van der Waals surface area (Å²) < 4.78 is 0. The summed E-state index contributed by atoms with van der Waals surface area (Å²) in [4.78, 5) is 18.6. The van der Waals surface area contributed by atoms with Gasteiger partial charge in [0.1, 0.15) is 10.8 Å². The number of aliphatic hydroxyl groups is 1. The van der Waals surface area contributed by atoms with E-state index in [-0.39, 0.29) is 31.1 Å². The maximum atomic E-state index is 12.9. The fourth-order valence-corrected chi connectivity index (χ4v) is 5.30. The summed E-state index contributed by atoms with van der Waals surface area (Å²) in [6.07, 6.45) is 3.83. The molecule has 1 aromatic carbocycles. The molecule has 2 atom stereocenters. The number of amides is 1. The Labute approximate surface area is 202 Å². The number of thiazole rings is 1. The first-order valence-electron chi connectivity index (χ1n) is 11.2. The Hall–Kier alpha value is -2.46. The summed E-state index contributed by atoms with van der Waals surface area (Å²) in [7, 11) is 0. The highest BCUT2D eigenvalue weighted by Gasteiger charge is 2.29. The first-order valence-corrected chi connectivity index (χ1v) is 12.4. The molecule has 0 radical (unpaired) electrons.